The molecule has 344 valence electrons. The number of halogens is 2. The van der Waals surface area contributed by atoms with Crippen LogP contribution in [-0.4, -0.2) is 127 Å². The molecule has 4 aliphatic heterocycles. The topological polar surface area (TPSA) is 180 Å². The first-order chi connectivity index (χ1) is 31.9. The summed E-state index contributed by atoms with van der Waals surface area (Å²) >= 11 is 0. The second kappa shape index (κ2) is 17.7. The van der Waals surface area contributed by atoms with Crippen molar-refractivity contribution < 1.29 is 37.5 Å². The van der Waals surface area contributed by atoms with Crippen LogP contribution in [0.25, 0.3) is 5.65 Å². The van der Waals surface area contributed by atoms with E-state index in [-0.39, 0.29) is 59.3 Å². The number of rotatable bonds is 14. The fourth-order valence-electron chi connectivity index (χ4n) is 10.2. The van der Waals surface area contributed by atoms with E-state index in [2.05, 4.69) is 49.8 Å². The largest absolute Gasteiger partial charge is 0.380 e. The Balaban J connectivity index is 0.693. The minimum absolute atomic E-state index is 0.0188. The van der Waals surface area contributed by atoms with Crippen molar-refractivity contribution in [2.45, 2.75) is 88.6 Å². The molecule has 5 aliphatic rings. The number of anilines is 3. The van der Waals surface area contributed by atoms with E-state index >= 15 is 0 Å². The molecule has 5 aromatic rings. The summed E-state index contributed by atoms with van der Waals surface area (Å²) in [4.78, 5) is 76.5. The van der Waals surface area contributed by atoms with Crippen molar-refractivity contribution in [3.05, 3.63) is 101 Å². The third-order valence-electron chi connectivity index (χ3n) is 13.9. The summed E-state index contributed by atoms with van der Waals surface area (Å²) in [5.74, 6) is -1.37. The summed E-state index contributed by atoms with van der Waals surface area (Å²) < 4.78 is 37.4. The third-order valence-corrected chi connectivity index (χ3v) is 13.9. The fraction of sp³-hybridized carbons (Fsp3) is 0.447. The normalized spacial score (nSPS) is 23.0. The number of benzene rings is 2. The number of amides is 5. The Morgan fingerprint density at radius 2 is 1.74 bits per heavy atom. The van der Waals surface area contributed by atoms with Gasteiger partial charge in [-0.3, -0.25) is 38.5 Å². The number of hydrogen-bond donors (Lipinski definition) is 2. The molecule has 2 bridgehead atoms. The van der Waals surface area contributed by atoms with Crippen molar-refractivity contribution in [3.8, 4) is 0 Å². The summed E-state index contributed by atoms with van der Waals surface area (Å²) in [6, 6.07) is 14.3. The van der Waals surface area contributed by atoms with Crippen LogP contribution in [0, 0.1) is 5.92 Å². The number of piperidine rings is 1. The molecule has 17 nitrogen and oxygen atoms in total. The minimum Gasteiger partial charge on any atom is -0.380 e. The molecule has 7 heterocycles. The van der Waals surface area contributed by atoms with Gasteiger partial charge in [0, 0.05) is 57.7 Å². The fourth-order valence-corrected chi connectivity index (χ4v) is 10.2. The van der Waals surface area contributed by atoms with Crippen LogP contribution in [0.4, 0.5) is 26.0 Å². The maximum absolute atomic E-state index is 14.3. The molecule has 3 atom stereocenters. The van der Waals surface area contributed by atoms with E-state index in [0.717, 1.165) is 79.3 Å². The van der Waals surface area contributed by atoms with Gasteiger partial charge in [-0.2, -0.15) is 10.2 Å². The summed E-state index contributed by atoms with van der Waals surface area (Å²) in [5.41, 5.74) is 3.18. The Morgan fingerprint density at radius 3 is 2.48 bits per heavy atom. The molecular formula is C47H51F2N11O6. The van der Waals surface area contributed by atoms with Gasteiger partial charge in [0.15, 0.2) is 11.3 Å². The number of fused-ring (bicyclic) bond motifs is 4. The molecule has 2 aromatic carbocycles. The lowest BCUT2D eigenvalue weighted by atomic mass is 9.86. The first-order valence-electron chi connectivity index (χ1n) is 22.6. The molecule has 5 amide bonds. The molecule has 1 aliphatic carbocycles. The summed E-state index contributed by atoms with van der Waals surface area (Å²) in [7, 11) is 3.48. The maximum atomic E-state index is 14.3. The molecule has 19 heteroatoms. The molecule has 2 N–H and O–H groups in total. The lowest BCUT2D eigenvalue weighted by Gasteiger charge is -2.32. The van der Waals surface area contributed by atoms with Crippen molar-refractivity contribution in [3.63, 3.8) is 0 Å². The van der Waals surface area contributed by atoms with Crippen LogP contribution in [0.3, 0.4) is 0 Å². The van der Waals surface area contributed by atoms with Gasteiger partial charge < -0.3 is 25.2 Å². The van der Waals surface area contributed by atoms with Gasteiger partial charge in [0.05, 0.1) is 47.8 Å². The lowest BCUT2D eigenvalue weighted by molar-refractivity contribution is -0.149. The van der Waals surface area contributed by atoms with Crippen LogP contribution in [0.2, 0.25) is 0 Å². The summed E-state index contributed by atoms with van der Waals surface area (Å²) in [6.07, 6.45) is 7.35. The summed E-state index contributed by atoms with van der Waals surface area (Å²) in [6.45, 7) is 3.54. The second-order valence-corrected chi connectivity index (χ2v) is 18.2. The molecule has 4 fully saturated rings. The number of nitrogens with one attached hydrogen (secondary N) is 2. The van der Waals surface area contributed by atoms with E-state index in [0.29, 0.717) is 30.4 Å². The van der Waals surface area contributed by atoms with E-state index < -0.39 is 41.8 Å². The van der Waals surface area contributed by atoms with Crippen molar-refractivity contribution >= 4 is 52.4 Å². The smallest absolute Gasteiger partial charge is 0.284 e. The number of aromatic nitrogens is 5. The minimum atomic E-state index is -2.87. The number of likely N-dealkylation sites (tertiary alicyclic amines) is 1. The average molecular weight is 904 g/mol. The molecule has 66 heavy (non-hydrogen) atoms. The van der Waals surface area contributed by atoms with Gasteiger partial charge in [0.1, 0.15) is 17.4 Å². The van der Waals surface area contributed by atoms with E-state index in [1.165, 1.54) is 29.5 Å². The monoisotopic (exact) mass is 903 g/mol. The highest BCUT2D eigenvalue weighted by Gasteiger charge is 2.47. The van der Waals surface area contributed by atoms with Crippen molar-refractivity contribution in [1.82, 2.24) is 39.1 Å². The van der Waals surface area contributed by atoms with Crippen LogP contribution in [-0.2, 0) is 27.3 Å². The van der Waals surface area contributed by atoms with Crippen LogP contribution in [0.5, 0.6) is 0 Å². The van der Waals surface area contributed by atoms with Gasteiger partial charge in [-0.1, -0.05) is 30.3 Å². The maximum Gasteiger partial charge on any atom is 0.284 e. The van der Waals surface area contributed by atoms with Crippen molar-refractivity contribution in [2.24, 2.45) is 5.92 Å². The van der Waals surface area contributed by atoms with E-state index in [1.807, 2.05) is 18.2 Å². The third kappa shape index (κ3) is 8.18. The number of hydrogen-bond acceptors (Lipinski definition) is 12. The molecule has 3 aromatic heterocycles. The van der Waals surface area contributed by atoms with Crippen LogP contribution < -0.4 is 15.5 Å². The lowest BCUT2D eigenvalue weighted by Crippen LogP contribution is -2.54. The van der Waals surface area contributed by atoms with Gasteiger partial charge in [-0.15, -0.1) is 0 Å². The molecule has 1 saturated carbocycles. The molecule has 0 spiro atoms. The van der Waals surface area contributed by atoms with Crippen LogP contribution >= 0.6 is 0 Å². The number of alkyl halides is 2. The zero-order chi connectivity index (χ0) is 45.8. The van der Waals surface area contributed by atoms with Crippen LogP contribution in [0.15, 0.2) is 67.1 Å². The van der Waals surface area contributed by atoms with Crippen molar-refractivity contribution in [1.29, 1.82) is 0 Å². The number of carbonyl (C=O) groups is 5. The van der Waals surface area contributed by atoms with Gasteiger partial charge in [0.2, 0.25) is 5.91 Å². The van der Waals surface area contributed by atoms with Gasteiger partial charge in [-0.05, 0) is 87.2 Å². The van der Waals surface area contributed by atoms with E-state index in [1.54, 1.807) is 29.1 Å². The highest BCUT2D eigenvalue weighted by molar-refractivity contribution is 6.25. The molecule has 10 rings (SSSR count). The van der Waals surface area contributed by atoms with Crippen LogP contribution in [0.1, 0.15) is 105 Å². The Bertz CT molecular complexity index is 2710. The zero-order valence-corrected chi connectivity index (χ0v) is 36.7. The number of nitrogens with zero attached hydrogens (tertiary/aromatic N) is 9. The summed E-state index contributed by atoms with van der Waals surface area (Å²) in [5, 5.41) is 14.6. The first-order valence-corrected chi connectivity index (χ1v) is 22.6. The van der Waals surface area contributed by atoms with E-state index in [9.17, 15) is 32.8 Å². The van der Waals surface area contributed by atoms with Gasteiger partial charge in [0.25, 0.3) is 30.1 Å². The standard InChI is InChI=1S/C47H51F2N11O6/c1-55(18-16-27-6-8-28(9-7-27)21-50-35-5-3-4-33-40(35)47(65)60(45(33)63)37-14-15-39(61)56(2)46(37)64)23-29-10-12-30(13-11-29)59-25-36(41(54-59)42(48)49)52-44(62)34-22-51-58-19-17-38(53-43(34)58)57-24-32-20-31(57)26-66-32/h3-9,17,19,22,25,29-32,37,42,50H,10-16,18,20-21,23-24,26H2,1-2H3,(H,52,62)/t29-,30-,31?,32-,37?/m1/s1. The molecule has 0 radical (unpaired) electrons. The number of likely N-dealkylation sites (N-methyl/N-ethyl adjacent to an activating group) is 2. The Labute approximate surface area is 379 Å². The quantitative estimate of drug-likeness (QED) is 0.137. The molecule has 3 saturated heterocycles. The zero-order valence-electron chi connectivity index (χ0n) is 36.7. The Hall–Kier alpha value is -6.60. The predicted molar refractivity (Wildman–Crippen MR) is 237 cm³/mol. The highest BCUT2D eigenvalue weighted by Crippen LogP contribution is 2.37. The SMILES string of the molecule is CN(CCc1ccc(CNc2cccc3c2C(=O)N(C2CCC(=O)N(C)C2=O)C3=O)cc1)C[C@H]1CC[C@H](n2cc(NC(=O)c3cnn4ccc(N5C[C@H]6CC5CO6)nc34)c(C(F)F)n2)CC1. The second-order valence-electron chi connectivity index (χ2n) is 18.2. The highest BCUT2D eigenvalue weighted by atomic mass is 19.3. The average Bonchev–Trinajstić information content (AvgIpc) is 4.18. The number of ether oxygens (including phenoxy) is 1. The predicted octanol–water partition coefficient (Wildman–Crippen LogP) is 5.35. The Kier molecular flexibility index (Phi) is 11.6. The molecule has 2 unspecified atom stereocenters. The van der Waals surface area contributed by atoms with Crippen molar-refractivity contribution in [2.75, 3.05) is 55.9 Å². The first kappa shape index (κ1) is 43.3. The molecular weight excluding hydrogens is 853 g/mol. The van der Waals surface area contributed by atoms with E-state index in [4.69, 9.17) is 9.72 Å². The van der Waals surface area contributed by atoms with Gasteiger partial charge >= 0.3 is 0 Å². The number of imide groups is 2. The number of carbonyl (C=O) groups excluding carboxylic acids is 5. The number of morpholine rings is 1. The Morgan fingerprint density at radius 1 is 0.955 bits per heavy atom. The van der Waals surface area contributed by atoms with Gasteiger partial charge in [-0.25, -0.2) is 18.3 Å².